The lowest BCUT2D eigenvalue weighted by Gasteiger charge is -2.23. The minimum atomic E-state index is -0.893. The first-order valence-corrected chi connectivity index (χ1v) is 11.6. The number of nitriles is 1. The third-order valence-electron chi connectivity index (χ3n) is 6.13. The normalized spacial score (nSPS) is 16.0. The molecule has 2 heterocycles. The molecule has 1 fully saturated rings. The van der Waals surface area contributed by atoms with Gasteiger partial charge in [-0.25, -0.2) is 0 Å². The Morgan fingerprint density at radius 2 is 2.11 bits per heavy atom. The second kappa shape index (κ2) is 11.5. The number of aromatic nitrogens is 3. The number of carbonyl (C=O) groups excluding carboxylic acids is 1. The third-order valence-corrected chi connectivity index (χ3v) is 6.13. The molecular formula is C25H30N8O3. The van der Waals surface area contributed by atoms with Crippen LogP contribution >= 0.6 is 0 Å². The summed E-state index contributed by atoms with van der Waals surface area (Å²) in [7, 11) is 5.01. The van der Waals surface area contributed by atoms with E-state index in [0.717, 1.165) is 37.0 Å². The molecule has 1 aliphatic rings. The molecule has 11 heteroatoms. The molecule has 188 valence electrons. The first-order valence-electron chi connectivity index (χ1n) is 11.6. The summed E-state index contributed by atoms with van der Waals surface area (Å²) in [5.74, 6) is 2.37. The SMILES string of the molecule is COc1ccc([C@@H](C#N)NC(=O)c2cccc(NCc3nnc(C4CCNCN4)n3C)c2)c(OC)c1. The number of hydrogen-bond donors (Lipinski definition) is 4. The van der Waals surface area contributed by atoms with Gasteiger partial charge < -0.3 is 30.0 Å². The number of benzene rings is 2. The lowest BCUT2D eigenvalue weighted by atomic mass is 10.1. The molecule has 0 aliphatic carbocycles. The largest absolute Gasteiger partial charge is 0.497 e. The number of carbonyl (C=O) groups is 1. The van der Waals surface area contributed by atoms with Crippen molar-refractivity contribution in [3.8, 4) is 17.6 Å². The van der Waals surface area contributed by atoms with E-state index in [1.54, 1.807) is 43.5 Å². The fourth-order valence-electron chi connectivity index (χ4n) is 4.09. The van der Waals surface area contributed by atoms with E-state index in [1.807, 2.05) is 17.7 Å². The van der Waals surface area contributed by atoms with Crippen molar-refractivity contribution >= 4 is 11.6 Å². The van der Waals surface area contributed by atoms with Gasteiger partial charge in [-0.2, -0.15) is 5.26 Å². The summed E-state index contributed by atoms with van der Waals surface area (Å²) in [6.45, 7) is 2.13. The Kier molecular flexibility index (Phi) is 7.99. The fraction of sp³-hybridized carbons (Fsp3) is 0.360. The lowest BCUT2D eigenvalue weighted by molar-refractivity contribution is 0.0945. The molecule has 2 atom stereocenters. The van der Waals surface area contributed by atoms with Gasteiger partial charge in [-0.05, 0) is 43.3 Å². The van der Waals surface area contributed by atoms with Gasteiger partial charge in [0.2, 0.25) is 0 Å². The number of ether oxygens (including phenoxy) is 2. The minimum absolute atomic E-state index is 0.168. The van der Waals surface area contributed by atoms with Crippen LogP contribution in [0.25, 0.3) is 0 Å². The Balaban J connectivity index is 1.42. The number of hydrogen-bond acceptors (Lipinski definition) is 9. The van der Waals surface area contributed by atoms with Crippen molar-refractivity contribution in [1.29, 1.82) is 5.26 Å². The smallest absolute Gasteiger partial charge is 0.252 e. The minimum Gasteiger partial charge on any atom is -0.497 e. The predicted octanol–water partition coefficient (Wildman–Crippen LogP) is 2.02. The van der Waals surface area contributed by atoms with Gasteiger partial charge >= 0.3 is 0 Å². The van der Waals surface area contributed by atoms with Crippen LogP contribution in [-0.2, 0) is 13.6 Å². The van der Waals surface area contributed by atoms with Crippen LogP contribution < -0.4 is 30.7 Å². The number of rotatable bonds is 9. The zero-order valence-corrected chi connectivity index (χ0v) is 20.5. The van der Waals surface area contributed by atoms with Crippen molar-refractivity contribution in [3.05, 3.63) is 65.2 Å². The van der Waals surface area contributed by atoms with Gasteiger partial charge in [0.25, 0.3) is 5.91 Å². The van der Waals surface area contributed by atoms with Crippen LogP contribution in [0.5, 0.6) is 11.5 Å². The zero-order chi connectivity index (χ0) is 25.5. The van der Waals surface area contributed by atoms with Gasteiger partial charge in [0.1, 0.15) is 23.4 Å². The van der Waals surface area contributed by atoms with Gasteiger partial charge in [0, 0.05) is 36.6 Å². The summed E-state index contributed by atoms with van der Waals surface area (Å²) in [5.41, 5.74) is 1.72. The van der Waals surface area contributed by atoms with Crippen molar-refractivity contribution in [3.63, 3.8) is 0 Å². The van der Waals surface area contributed by atoms with Gasteiger partial charge in [-0.1, -0.05) is 6.07 Å². The summed E-state index contributed by atoms with van der Waals surface area (Å²) in [4.78, 5) is 13.0. The summed E-state index contributed by atoms with van der Waals surface area (Å²) in [5, 5.41) is 31.2. The molecule has 1 saturated heterocycles. The molecule has 0 radical (unpaired) electrons. The van der Waals surface area contributed by atoms with Crippen molar-refractivity contribution < 1.29 is 14.3 Å². The molecule has 0 spiro atoms. The molecule has 3 aromatic rings. The molecule has 36 heavy (non-hydrogen) atoms. The summed E-state index contributed by atoms with van der Waals surface area (Å²) in [6, 6.07) is 13.6. The summed E-state index contributed by atoms with van der Waals surface area (Å²) >= 11 is 0. The zero-order valence-electron chi connectivity index (χ0n) is 20.5. The highest BCUT2D eigenvalue weighted by molar-refractivity contribution is 5.95. The van der Waals surface area contributed by atoms with E-state index in [-0.39, 0.29) is 11.9 Å². The number of methoxy groups -OCH3 is 2. The lowest BCUT2D eigenvalue weighted by Crippen LogP contribution is -2.40. The Labute approximate surface area is 209 Å². The van der Waals surface area contributed by atoms with Crippen molar-refractivity contribution in [1.82, 2.24) is 30.7 Å². The average molecular weight is 491 g/mol. The van der Waals surface area contributed by atoms with E-state index in [1.165, 1.54) is 7.11 Å². The Morgan fingerprint density at radius 1 is 1.25 bits per heavy atom. The van der Waals surface area contributed by atoms with Gasteiger partial charge in [0.15, 0.2) is 5.82 Å². The molecule has 1 unspecified atom stereocenters. The first-order chi connectivity index (χ1) is 17.5. The van der Waals surface area contributed by atoms with Crippen LogP contribution in [0.15, 0.2) is 42.5 Å². The van der Waals surface area contributed by atoms with Crippen LogP contribution in [0.2, 0.25) is 0 Å². The second-order valence-electron chi connectivity index (χ2n) is 8.33. The molecular weight excluding hydrogens is 460 g/mol. The van der Waals surface area contributed by atoms with Crippen LogP contribution in [0.3, 0.4) is 0 Å². The maximum absolute atomic E-state index is 13.0. The Bertz CT molecular complexity index is 1250. The number of anilines is 1. The molecule has 11 nitrogen and oxygen atoms in total. The fourth-order valence-corrected chi connectivity index (χ4v) is 4.09. The van der Waals surface area contributed by atoms with Crippen LogP contribution in [0.1, 0.15) is 46.1 Å². The monoisotopic (exact) mass is 490 g/mol. The highest BCUT2D eigenvalue weighted by atomic mass is 16.5. The van der Waals surface area contributed by atoms with Crippen LogP contribution in [-0.4, -0.2) is 48.1 Å². The van der Waals surface area contributed by atoms with Crippen molar-refractivity contribution in [2.24, 2.45) is 7.05 Å². The first kappa shape index (κ1) is 25.0. The average Bonchev–Trinajstić information content (AvgIpc) is 3.30. The number of nitrogens with one attached hydrogen (secondary N) is 4. The van der Waals surface area contributed by atoms with E-state index in [4.69, 9.17) is 9.47 Å². The molecule has 0 saturated carbocycles. The summed E-state index contributed by atoms with van der Waals surface area (Å²) in [6.07, 6.45) is 0.947. The number of amides is 1. The van der Waals surface area contributed by atoms with E-state index in [0.29, 0.717) is 29.2 Å². The molecule has 1 aliphatic heterocycles. The topological polar surface area (TPSA) is 138 Å². The molecule has 1 aromatic heterocycles. The standard InChI is InChI=1S/C25H30N8O3/c1-33-23(31-32-24(33)20-9-10-27-15-29-20)14-28-17-6-4-5-16(11-17)25(34)30-21(13-26)19-8-7-18(35-2)12-22(19)36-3/h4-8,11-12,20-21,27-29H,9-10,14-15H2,1-3H3,(H,30,34)/t20?,21-/m1/s1. The summed E-state index contributed by atoms with van der Waals surface area (Å²) < 4.78 is 12.6. The van der Waals surface area contributed by atoms with Gasteiger partial charge in [-0.15, -0.1) is 10.2 Å². The molecule has 0 bridgehead atoms. The second-order valence-corrected chi connectivity index (χ2v) is 8.33. The Morgan fingerprint density at radius 3 is 2.83 bits per heavy atom. The van der Waals surface area contributed by atoms with E-state index in [2.05, 4.69) is 37.5 Å². The van der Waals surface area contributed by atoms with Gasteiger partial charge in [0.05, 0.1) is 32.9 Å². The van der Waals surface area contributed by atoms with E-state index >= 15 is 0 Å². The highest BCUT2D eigenvalue weighted by Crippen LogP contribution is 2.29. The molecule has 4 rings (SSSR count). The number of nitrogens with zero attached hydrogens (tertiary/aromatic N) is 4. The van der Waals surface area contributed by atoms with Crippen LogP contribution in [0, 0.1) is 11.3 Å². The van der Waals surface area contributed by atoms with Crippen LogP contribution in [0.4, 0.5) is 5.69 Å². The third kappa shape index (κ3) is 5.56. The maximum atomic E-state index is 13.0. The molecule has 1 amide bonds. The van der Waals surface area contributed by atoms with Crippen molar-refractivity contribution in [2.75, 3.05) is 32.7 Å². The molecule has 2 aromatic carbocycles. The Hall–Kier alpha value is -4.14. The van der Waals surface area contributed by atoms with E-state index < -0.39 is 6.04 Å². The highest BCUT2D eigenvalue weighted by Gasteiger charge is 2.22. The predicted molar refractivity (Wildman–Crippen MR) is 134 cm³/mol. The van der Waals surface area contributed by atoms with E-state index in [9.17, 15) is 10.1 Å². The van der Waals surface area contributed by atoms with Gasteiger partial charge in [-0.3, -0.25) is 10.1 Å². The molecule has 4 N–H and O–H groups in total. The quantitative estimate of drug-likeness (QED) is 0.355. The van der Waals surface area contributed by atoms with Crippen molar-refractivity contribution in [2.45, 2.75) is 25.0 Å². The maximum Gasteiger partial charge on any atom is 0.252 e.